The molecule has 1 fully saturated rings. The van der Waals surface area contributed by atoms with Gasteiger partial charge in [0.25, 0.3) is 0 Å². The van der Waals surface area contributed by atoms with Gasteiger partial charge in [0.05, 0.1) is 6.04 Å². The molecule has 0 aliphatic heterocycles. The molecule has 3 rings (SSSR count). The van der Waals surface area contributed by atoms with Gasteiger partial charge < -0.3 is 5.32 Å². The quantitative estimate of drug-likeness (QED) is 0.909. The second-order valence-corrected chi connectivity index (χ2v) is 6.12. The van der Waals surface area contributed by atoms with Crippen molar-refractivity contribution in [1.82, 2.24) is 5.32 Å². The number of carbonyl (C=O) groups excluding carboxylic acids is 1. The summed E-state index contributed by atoms with van der Waals surface area (Å²) >= 11 is 1.60. The molecule has 1 aromatic carbocycles. The summed E-state index contributed by atoms with van der Waals surface area (Å²) in [6.07, 6.45) is 3.09. The molecule has 0 spiro atoms. The summed E-state index contributed by atoms with van der Waals surface area (Å²) in [5.41, 5.74) is 0.918. The Morgan fingerprint density at radius 2 is 2.00 bits per heavy atom. The van der Waals surface area contributed by atoms with Crippen molar-refractivity contribution >= 4 is 17.2 Å². The van der Waals surface area contributed by atoms with Crippen molar-refractivity contribution in [2.75, 3.05) is 0 Å². The van der Waals surface area contributed by atoms with E-state index in [9.17, 15) is 9.18 Å². The fourth-order valence-corrected chi connectivity index (χ4v) is 3.16. The lowest BCUT2D eigenvalue weighted by Crippen LogP contribution is -2.37. The Labute approximate surface area is 121 Å². The van der Waals surface area contributed by atoms with Crippen LogP contribution in [0.2, 0.25) is 0 Å². The maximum atomic E-state index is 13.1. The number of nitrogens with one attached hydrogen (secondary N) is 1. The standard InChI is InChI=1S/C16H16FNOS/c17-13-8-6-11(7-9-13)15(14-5-2-10-20-14)18-16(19)12-3-1-4-12/h2,5-10,12,15H,1,3-4H2,(H,18,19)/t15-/m0/s1. The summed E-state index contributed by atoms with van der Waals surface area (Å²) in [5, 5.41) is 5.09. The first kappa shape index (κ1) is 13.3. The maximum Gasteiger partial charge on any atom is 0.223 e. The molecule has 104 valence electrons. The van der Waals surface area contributed by atoms with Crippen LogP contribution in [-0.4, -0.2) is 5.91 Å². The van der Waals surface area contributed by atoms with Gasteiger partial charge in [-0.05, 0) is 42.0 Å². The molecule has 20 heavy (non-hydrogen) atoms. The van der Waals surface area contributed by atoms with Gasteiger partial charge in [-0.15, -0.1) is 11.3 Å². The number of benzene rings is 1. The minimum Gasteiger partial charge on any atom is -0.344 e. The third-order valence-electron chi connectivity index (χ3n) is 3.79. The Balaban J connectivity index is 1.84. The van der Waals surface area contributed by atoms with Crippen molar-refractivity contribution in [2.45, 2.75) is 25.3 Å². The molecule has 1 heterocycles. The molecular formula is C16H16FNOS. The van der Waals surface area contributed by atoms with Gasteiger partial charge in [-0.2, -0.15) is 0 Å². The molecule has 1 aliphatic rings. The van der Waals surface area contributed by atoms with Crippen LogP contribution in [0.15, 0.2) is 41.8 Å². The Kier molecular flexibility index (Phi) is 3.83. The molecular weight excluding hydrogens is 273 g/mol. The average molecular weight is 289 g/mol. The molecule has 1 N–H and O–H groups in total. The van der Waals surface area contributed by atoms with Crippen LogP contribution < -0.4 is 5.32 Å². The Morgan fingerprint density at radius 1 is 1.25 bits per heavy atom. The fraction of sp³-hybridized carbons (Fsp3) is 0.312. The Hall–Kier alpha value is -1.68. The minimum absolute atomic E-state index is 0.110. The summed E-state index contributed by atoms with van der Waals surface area (Å²) in [6.45, 7) is 0. The van der Waals surface area contributed by atoms with Gasteiger partial charge >= 0.3 is 0 Å². The van der Waals surface area contributed by atoms with Crippen molar-refractivity contribution in [1.29, 1.82) is 0 Å². The molecule has 2 nitrogen and oxygen atoms in total. The number of thiophene rings is 1. The highest BCUT2D eigenvalue weighted by molar-refractivity contribution is 7.10. The van der Waals surface area contributed by atoms with Crippen molar-refractivity contribution in [3.63, 3.8) is 0 Å². The van der Waals surface area contributed by atoms with E-state index >= 15 is 0 Å². The van der Waals surface area contributed by atoms with Crippen LogP contribution >= 0.6 is 11.3 Å². The van der Waals surface area contributed by atoms with Crippen LogP contribution in [0.1, 0.15) is 35.7 Å². The zero-order chi connectivity index (χ0) is 13.9. The minimum atomic E-state index is -0.260. The number of rotatable bonds is 4. The fourth-order valence-electron chi connectivity index (χ4n) is 2.36. The summed E-state index contributed by atoms with van der Waals surface area (Å²) in [5.74, 6) is 0.000819. The first-order valence-corrected chi connectivity index (χ1v) is 7.71. The summed E-state index contributed by atoms with van der Waals surface area (Å²) in [7, 11) is 0. The zero-order valence-corrected chi connectivity index (χ0v) is 11.8. The van der Waals surface area contributed by atoms with Crippen LogP contribution in [0, 0.1) is 11.7 Å². The molecule has 1 aromatic heterocycles. The molecule has 1 aliphatic carbocycles. The van der Waals surface area contributed by atoms with Crippen LogP contribution in [0.5, 0.6) is 0 Å². The highest BCUT2D eigenvalue weighted by atomic mass is 32.1. The van der Waals surface area contributed by atoms with Gasteiger partial charge in [0.2, 0.25) is 5.91 Å². The van der Waals surface area contributed by atoms with Gasteiger partial charge in [-0.3, -0.25) is 4.79 Å². The van der Waals surface area contributed by atoms with E-state index in [-0.39, 0.29) is 23.7 Å². The maximum absolute atomic E-state index is 13.1. The van der Waals surface area contributed by atoms with Gasteiger partial charge in [0.15, 0.2) is 0 Å². The van der Waals surface area contributed by atoms with E-state index in [4.69, 9.17) is 0 Å². The van der Waals surface area contributed by atoms with E-state index in [1.165, 1.54) is 12.1 Å². The summed E-state index contributed by atoms with van der Waals surface area (Å²) in [6, 6.07) is 10.1. The molecule has 1 amide bonds. The first-order chi connectivity index (χ1) is 9.74. The van der Waals surface area contributed by atoms with Crippen LogP contribution in [-0.2, 0) is 4.79 Å². The van der Waals surface area contributed by atoms with E-state index in [1.807, 2.05) is 17.5 Å². The SMILES string of the molecule is O=C(N[C@@H](c1ccc(F)cc1)c1cccs1)C1CCC1. The summed E-state index contributed by atoms with van der Waals surface area (Å²) in [4.78, 5) is 13.3. The number of carbonyl (C=O) groups is 1. The second kappa shape index (κ2) is 5.75. The average Bonchev–Trinajstić information content (AvgIpc) is 2.88. The molecule has 0 radical (unpaired) electrons. The van der Waals surface area contributed by atoms with E-state index < -0.39 is 0 Å². The lowest BCUT2D eigenvalue weighted by molar-refractivity contribution is -0.127. The van der Waals surface area contributed by atoms with Crippen molar-refractivity contribution < 1.29 is 9.18 Å². The second-order valence-electron chi connectivity index (χ2n) is 5.14. The third-order valence-corrected chi connectivity index (χ3v) is 4.73. The monoisotopic (exact) mass is 289 g/mol. The smallest absolute Gasteiger partial charge is 0.223 e. The van der Waals surface area contributed by atoms with Gasteiger partial charge in [-0.1, -0.05) is 24.6 Å². The molecule has 2 aromatic rings. The van der Waals surface area contributed by atoms with E-state index in [2.05, 4.69) is 5.32 Å². The molecule has 1 saturated carbocycles. The van der Waals surface area contributed by atoms with Crippen molar-refractivity contribution in [3.05, 3.63) is 58.0 Å². The lowest BCUT2D eigenvalue weighted by Gasteiger charge is -2.27. The molecule has 0 bridgehead atoms. The van der Waals surface area contributed by atoms with E-state index in [0.717, 1.165) is 29.7 Å². The highest BCUT2D eigenvalue weighted by Gasteiger charge is 2.28. The van der Waals surface area contributed by atoms with Gasteiger partial charge in [-0.25, -0.2) is 4.39 Å². The first-order valence-electron chi connectivity index (χ1n) is 6.83. The number of hydrogen-bond donors (Lipinski definition) is 1. The van der Waals surface area contributed by atoms with Crippen LogP contribution in [0.4, 0.5) is 4.39 Å². The topological polar surface area (TPSA) is 29.1 Å². The normalized spacial score (nSPS) is 16.4. The van der Waals surface area contributed by atoms with Crippen molar-refractivity contribution in [3.8, 4) is 0 Å². The third kappa shape index (κ3) is 2.75. The number of halogens is 1. The van der Waals surface area contributed by atoms with E-state index in [1.54, 1.807) is 23.5 Å². The van der Waals surface area contributed by atoms with Gasteiger partial charge in [0, 0.05) is 10.8 Å². The highest BCUT2D eigenvalue weighted by Crippen LogP contribution is 2.30. The van der Waals surface area contributed by atoms with E-state index in [0.29, 0.717) is 0 Å². The van der Waals surface area contributed by atoms with Crippen molar-refractivity contribution in [2.24, 2.45) is 5.92 Å². The predicted octanol–water partition coefficient (Wildman–Crippen LogP) is 3.89. The largest absolute Gasteiger partial charge is 0.344 e. The molecule has 1 atom stereocenters. The molecule has 4 heteroatoms. The number of hydrogen-bond acceptors (Lipinski definition) is 2. The zero-order valence-electron chi connectivity index (χ0n) is 11.0. The lowest BCUT2D eigenvalue weighted by atomic mass is 9.84. The Bertz CT molecular complexity index is 575. The van der Waals surface area contributed by atoms with Crippen LogP contribution in [0.3, 0.4) is 0 Å². The van der Waals surface area contributed by atoms with Gasteiger partial charge in [0.1, 0.15) is 5.82 Å². The predicted molar refractivity (Wildman–Crippen MR) is 78.0 cm³/mol. The molecule has 0 saturated heterocycles. The number of amides is 1. The molecule has 0 unspecified atom stereocenters. The van der Waals surface area contributed by atoms with Crippen LogP contribution in [0.25, 0.3) is 0 Å². The summed E-state index contributed by atoms with van der Waals surface area (Å²) < 4.78 is 13.1. The Morgan fingerprint density at radius 3 is 2.55 bits per heavy atom.